The van der Waals surface area contributed by atoms with E-state index in [1.807, 2.05) is 11.8 Å². The van der Waals surface area contributed by atoms with E-state index in [-0.39, 0.29) is 12.7 Å². The Morgan fingerprint density at radius 1 is 1.59 bits per heavy atom. The van der Waals surface area contributed by atoms with E-state index >= 15 is 0 Å². The molecule has 2 unspecified atom stereocenters. The fourth-order valence-corrected chi connectivity index (χ4v) is 2.33. The number of piperidine rings is 1. The molecule has 1 heterocycles. The molecular weight excluding hydrogens is 222 g/mol. The van der Waals surface area contributed by atoms with Crippen molar-refractivity contribution in [3.63, 3.8) is 0 Å². The van der Waals surface area contributed by atoms with Gasteiger partial charge in [0.15, 0.2) is 0 Å². The van der Waals surface area contributed by atoms with E-state index in [1.165, 1.54) is 7.11 Å². The van der Waals surface area contributed by atoms with Gasteiger partial charge in [0.2, 0.25) is 0 Å². The first-order valence-corrected chi connectivity index (χ1v) is 6.13. The van der Waals surface area contributed by atoms with Crippen molar-refractivity contribution in [2.75, 3.05) is 33.4 Å². The second-order valence-electron chi connectivity index (χ2n) is 4.68. The van der Waals surface area contributed by atoms with Crippen molar-refractivity contribution in [1.29, 1.82) is 0 Å². The molecule has 0 spiro atoms. The summed E-state index contributed by atoms with van der Waals surface area (Å²) in [5.41, 5.74) is -0.954. The minimum atomic E-state index is -0.954. The molecule has 100 valence electrons. The van der Waals surface area contributed by atoms with Crippen LogP contribution in [0.1, 0.15) is 26.7 Å². The maximum atomic E-state index is 11.4. The van der Waals surface area contributed by atoms with Crippen molar-refractivity contribution >= 4 is 5.97 Å². The molecule has 1 saturated heterocycles. The Balaban J connectivity index is 2.70. The molecule has 1 N–H and O–H groups in total. The first kappa shape index (κ1) is 14.4. The maximum Gasteiger partial charge on any atom is 0.326 e. The van der Waals surface area contributed by atoms with Crippen LogP contribution in [-0.2, 0) is 14.3 Å². The lowest BCUT2D eigenvalue weighted by atomic mass is 9.96. The van der Waals surface area contributed by atoms with E-state index in [0.717, 1.165) is 19.4 Å². The number of carboxylic acid groups (broad SMARTS) is 1. The van der Waals surface area contributed by atoms with Crippen molar-refractivity contribution in [3.05, 3.63) is 0 Å². The SMILES string of the molecule is CCOC1CCCN(C(C)(COC)C(=O)O)C1. The smallest absolute Gasteiger partial charge is 0.326 e. The maximum absolute atomic E-state index is 11.4. The van der Waals surface area contributed by atoms with Crippen molar-refractivity contribution in [2.24, 2.45) is 0 Å². The van der Waals surface area contributed by atoms with Crippen LogP contribution < -0.4 is 0 Å². The molecule has 0 aromatic rings. The van der Waals surface area contributed by atoms with Gasteiger partial charge in [-0.25, -0.2) is 0 Å². The summed E-state index contributed by atoms with van der Waals surface area (Å²) in [5.74, 6) is -0.837. The van der Waals surface area contributed by atoms with Crippen LogP contribution in [0.4, 0.5) is 0 Å². The lowest BCUT2D eigenvalue weighted by Gasteiger charge is -2.42. The molecule has 5 nitrogen and oxygen atoms in total. The minimum absolute atomic E-state index is 0.143. The van der Waals surface area contributed by atoms with E-state index in [2.05, 4.69) is 0 Å². The first-order valence-electron chi connectivity index (χ1n) is 6.13. The summed E-state index contributed by atoms with van der Waals surface area (Å²) in [5, 5.41) is 9.37. The van der Waals surface area contributed by atoms with Gasteiger partial charge in [-0.15, -0.1) is 0 Å². The average molecular weight is 245 g/mol. The molecule has 1 aliphatic rings. The average Bonchev–Trinajstić information content (AvgIpc) is 2.30. The van der Waals surface area contributed by atoms with Crippen LogP contribution in [0.25, 0.3) is 0 Å². The number of methoxy groups -OCH3 is 1. The summed E-state index contributed by atoms with van der Waals surface area (Å²) in [6.45, 7) is 6.00. The fourth-order valence-electron chi connectivity index (χ4n) is 2.33. The Morgan fingerprint density at radius 2 is 2.29 bits per heavy atom. The van der Waals surface area contributed by atoms with Crippen molar-refractivity contribution in [3.8, 4) is 0 Å². The highest BCUT2D eigenvalue weighted by Crippen LogP contribution is 2.23. The summed E-state index contributed by atoms with van der Waals surface area (Å²) in [7, 11) is 1.53. The topological polar surface area (TPSA) is 59.0 Å². The van der Waals surface area contributed by atoms with Gasteiger partial charge >= 0.3 is 5.97 Å². The van der Waals surface area contributed by atoms with E-state index in [9.17, 15) is 9.90 Å². The van der Waals surface area contributed by atoms with E-state index in [4.69, 9.17) is 9.47 Å². The standard InChI is InChI=1S/C12H23NO4/c1-4-17-10-6-5-7-13(8-10)12(2,9-16-3)11(14)15/h10H,4-9H2,1-3H3,(H,14,15). The van der Waals surface area contributed by atoms with Crippen molar-refractivity contribution in [1.82, 2.24) is 4.90 Å². The molecule has 1 aliphatic heterocycles. The number of nitrogens with zero attached hydrogens (tertiary/aromatic N) is 1. The van der Waals surface area contributed by atoms with Crippen LogP contribution in [0.2, 0.25) is 0 Å². The van der Waals surface area contributed by atoms with Gasteiger partial charge in [0.05, 0.1) is 12.7 Å². The highest BCUT2D eigenvalue weighted by Gasteiger charge is 2.41. The molecule has 5 heteroatoms. The molecule has 17 heavy (non-hydrogen) atoms. The molecule has 1 fully saturated rings. The highest BCUT2D eigenvalue weighted by atomic mass is 16.5. The Bertz CT molecular complexity index is 257. The number of rotatable bonds is 6. The molecule has 0 aromatic carbocycles. The molecule has 0 saturated carbocycles. The lowest BCUT2D eigenvalue weighted by Crippen LogP contribution is -2.59. The second-order valence-corrected chi connectivity index (χ2v) is 4.68. The predicted octanol–water partition coefficient (Wildman–Crippen LogP) is 0.977. The van der Waals surface area contributed by atoms with Gasteiger partial charge in [0.25, 0.3) is 0 Å². The van der Waals surface area contributed by atoms with E-state index in [0.29, 0.717) is 13.2 Å². The largest absolute Gasteiger partial charge is 0.480 e. The minimum Gasteiger partial charge on any atom is -0.480 e. The Hall–Kier alpha value is -0.650. The van der Waals surface area contributed by atoms with Crippen LogP contribution in [-0.4, -0.2) is 61.0 Å². The zero-order valence-corrected chi connectivity index (χ0v) is 10.9. The zero-order valence-electron chi connectivity index (χ0n) is 10.9. The Morgan fingerprint density at radius 3 is 2.82 bits per heavy atom. The Labute approximate surface area is 103 Å². The summed E-state index contributed by atoms with van der Waals surface area (Å²) < 4.78 is 10.6. The lowest BCUT2D eigenvalue weighted by molar-refractivity contribution is -0.157. The number of ether oxygens (including phenoxy) is 2. The van der Waals surface area contributed by atoms with Gasteiger partial charge in [0, 0.05) is 20.3 Å². The third-order valence-corrected chi connectivity index (χ3v) is 3.36. The van der Waals surface area contributed by atoms with Crippen LogP contribution in [0.3, 0.4) is 0 Å². The molecule has 0 amide bonds. The fraction of sp³-hybridized carbons (Fsp3) is 0.917. The normalized spacial score (nSPS) is 25.5. The van der Waals surface area contributed by atoms with Crippen LogP contribution in [0, 0.1) is 0 Å². The highest BCUT2D eigenvalue weighted by molar-refractivity contribution is 5.78. The van der Waals surface area contributed by atoms with Gasteiger partial charge in [-0.3, -0.25) is 9.69 Å². The molecule has 0 radical (unpaired) electrons. The van der Waals surface area contributed by atoms with Crippen LogP contribution in [0.15, 0.2) is 0 Å². The zero-order chi connectivity index (χ0) is 12.9. The summed E-state index contributed by atoms with van der Waals surface area (Å²) >= 11 is 0. The molecular formula is C12H23NO4. The predicted molar refractivity (Wildman–Crippen MR) is 64.1 cm³/mol. The molecule has 0 aromatic heterocycles. The van der Waals surface area contributed by atoms with Gasteiger partial charge in [-0.1, -0.05) is 0 Å². The quantitative estimate of drug-likeness (QED) is 0.756. The number of hydrogen-bond donors (Lipinski definition) is 1. The number of carboxylic acids is 1. The third kappa shape index (κ3) is 3.40. The molecule has 0 aliphatic carbocycles. The van der Waals surface area contributed by atoms with Crippen molar-refractivity contribution < 1.29 is 19.4 Å². The Kier molecular flexibility index (Phi) is 5.36. The molecule has 0 bridgehead atoms. The summed E-state index contributed by atoms with van der Waals surface area (Å²) in [6.07, 6.45) is 2.12. The number of carbonyl (C=O) groups is 1. The third-order valence-electron chi connectivity index (χ3n) is 3.36. The number of hydrogen-bond acceptors (Lipinski definition) is 4. The van der Waals surface area contributed by atoms with Crippen molar-refractivity contribution in [2.45, 2.75) is 38.3 Å². The number of aliphatic carboxylic acids is 1. The van der Waals surface area contributed by atoms with Gasteiger partial charge in [-0.05, 0) is 33.2 Å². The monoisotopic (exact) mass is 245 g/mol. The summed E-state index contributed by atoms with van der Waals surface area (Å²) in [6, 6.07) is 0. The molecule has 1 rings (SSSR count). The van der Waals surface area contributed by atoms with Gasteiger partial charge in [-0.2, -0.15) is 0 Å². The van der Waals surface area contributed by atoms with Gasteiger partial charge in [0.1, 0.15) is 5.54 Å². The summed E-state index contributed by atoms with van der Waals surface area (Å²) in [4.78, 5) is 13.4. The first-order chi connectivity index (χ1) is 8.04. The van der Waals surface area contributed by atoms with E-state index in [1.54, 1.807) is 6.92 Å². The number of likely N-dealkylation sites (tertiary alicyclic amines) is 1. The van der Waals surface area contributed by atoms with Crippen LogP contribution >= 0.6 is 0 Å². The van der Waals surface area contributed by atoms with E-state index < -0.39 is 11.5 Å². The van der Waals surface area contributed by atoms with Crippen LogP contribution in [0.5, 0.6) is 0 Å². The second kappa shape index (κ2) is 6.33. The van der Waals surface area contributed by atoms with Gasteiger partial charge < -0.3 is 14.6 Å². The molecule has 2 atom stereocenters.